The van der Waals surface area contributed by atoms with Gasteiger partial charge in [-0.05, 0) is 57.8 Å². The predicted molar refractivity (Wildman–Crippen MR) is 211 cm³/mol. The topological polar surface area (TPSA) is 119 Å². The molecule has 1 atom stereocenters. The van der Waals surface area contributed by atoms with Gasteiger partial charge >= 0.3 is 19.8 Å². The van der Waals surface area contributed by atoms with Crippen LogP contribution in [0.25, 0.3) is 0 Å². The van der Waals surface area contributed by atoms with E-state index < -0.39 is 32.5 Å². The number of rotatable bonds is 33. The third-order valence-electron chi connectivity index (χ3n) is 7.48. The standard InChI is InChI=1S/C42H67O8P/c1-3-5-7-9-11-13-15-17-18-19-20-21-22-23-25-26-28-30-32-34-36-41(43)48-38-40(39-49-51(45,46)47)50-42(44)37-35-33-31-29-27-24-16-14-12-10-8-6-4-2/h5-8,10-14,16-18,24,27,29,31,40H,3-4,9,15,19-23,25-26,28,30,32-39H2,1-2H3,(H2,45,46,47)/b7-5+,8-6+,12-10+,13-11+,16-14+,18-17+,27-24+,31-29+. The zero-order valence-electron chi connectivity index (χ0n) is 31.5. The largest absolute Gasteiger partial charge is 0.469 e. The van der Waals surface area contributed by atoms with Crippen LogP contribution in [0, 0.1) is 0 Å². The maximum Gasteiger partial charge on any atom is 0.469 e. The second kappa shape index (κ2) is 36.8. The van der Waals surface area contributed by atoms with Gasteiger partial charge in [-0.25, -0.2) is 4.57 Å². The molecule has 1 unspecified atom stereocenters. The molecule has 9 heteroatoms. The Labute approximate surface area is 309 Å². The highest BCUT2D eigenvalue weighted by atomic mass is 31.2. The molecule has 0 spiro atoms. The number of allylic oxidation sites excluding steroid dienone is 16. The van der Waals surface area contributed by atoms with E-state index in [4.69, 9.17) is 19.3 Å². The lowest BCUT2D eigenvalue weighted by Crippen LogP contribution is -2.29. The molecule has 0 bridgehead atoms. The Balaban J connectivity index is 4.03. The van der Waals surface area contributed by atoms with Crippen LogP contribution in [0.1, 0.15) is 136 Å². The number of phosphoric ester groups is 1. The SMILES string of the molecule is CC/C=C/C=C/C=C/C=C/C=C/CCCC(=O)OC(COC(=O)CCCCCCCCCCCC/C=C/C/C=C/C/C=C/CC)COP(=O)(O)O. The van der Waals surface area contributed by atoms with Gasteiger partial charge in [0.1, 0.15) is 6.61 Å². The zero-order valence-corrected chi connectivity index (χ0v) is 32.3. The van der Waals surface area contributed by atoms with Crippen molar-refractivity contribution in [2.45, 2.75) is 142 Å². The monoisotopic (exact) mass is 730 g/mol. The summed E-state index contributed by atoms with van der Waals surface area (Å²) in [5.41, 5.74) is 0. The predicted octanol–water partition coefficient (Wildman–Crippen LogP) is 11.5. The van der Waals surface area contributed by atoms with Crippen molar-refractivity contribution < 1.29 is 37.9 Å². The van der Waals surface area contributed by atoms with Crippen molar-refractivity contribution in [2.24, 2.45) is 0 Å². The highest BCUT2D eigenvalue weighted by Gasteiger charge is 2.22. The van der Waals surface area contributed by atoms with Gasteiger partial charge in [-0.1, -0.05) is 162 Å². The average molecular weight is 731 g/mol. The highest BCUT2D eigenvalue weighted by molar-refractivity contribution is 7.46. The molecule has 0 aromatic carbocycles. The van der Waals surface area contributed by atoms with Gasteiger partial charge in [0.25, 0.3) is 0 Å². The van der Waals surface area contributed by atoms with E-state index in [0.717, 1.165) is 51.4 Å². The molecule has 0 saturated heterocycles. The van der Waals surface area contributed by atoms with Gasteiger partial charge in [0.2, 0.25) is 0 Å². The molecule has 0 radical (unpaired) electrons. The molecule has 2 N–H and O–H groups in total. The molecular formula is C42H67O8P. The fourth-order valence-corrected chi connectivity index (χ4v) is 5.07. The Morgan fingerprint density at radius 2 is 1.00 bits per heavy atom. The van der Waals surface area contributed by atoms with Gasteiger partial charge in [-0.15, -0.1) is 0 Å². The fourth-order valence-electron chi connectivity index (χ4n) is 4.71. The van der Waals surface area contributed by atoms with Crippen molar-refractivity contribution in [2.75, 3.05) is 13.2 Å². The van der Waals surface area contributed by atoms with Crippen LogP contribution < -0.4 is 0 Å². The molecule has 0 heterocycles. The van der Waals surface area contributed by atoms with Crippen molar-refractivity contribution in [3.63, 3.8) is 0 Å². The Hall–Kier alpha value is -3.03. The minimum Gasteiger partial charge on any atom is -0.462 e. The summed E-state index contributed by atoms with van der Waals surface area (Å²) in [4.78, 5) is 42.7. The third-order valence-corrected chi connectivity index (χ3v) is 7.96. The van der Waals surface area contributed by atoms with Gasteiger partial charge in [-0.3, -0.25) is 14.1 Å². The van der Waals surface area contributed by atoms with E-state index in [1.807, 2.05) is 54.7 Å². The smallest absolute Gasteiger partial charge is 0.462 e. The van der Waals surface area contributed by atoms with E-state index in [1.165, 1.54) is 38.5 Å². The molecule has 0 fully saturated rings. The molecule has 0 amide bonds. The first-order valence-corrected chi connectivity index (χ1v) is 20.6. The van der Waals surface area contributed by atoms with E-state index in [9.17, 15) is 14.2 Å². The van der Waals surface area contributed by atoms with Gasteiger partial charge < -0.3 is 19.3 Å². The summed E-state index contributed by atoms with van der Waals surface area (Å²) >= 11 is 0. The minimum absolute atomic E-state index is 0.109. The summed E-state index contributed by atoms with van der Waals surface area (Å²) < 4.78 is 26.2. The van der Waals surface area contributed by atoms with Crippen LogP contribution in [0.3, 0.4) is 0 Å². The molecular weight excluding hydrogens is 663 g/mol. The van der Waals surface area contributed by atoms with Gasteiger partial charge in [0, 0.05) is 12.8 Å². The summed E-state index contributed by atoms with van der Waals surface area (Å²) in [7, 11) is -4.78. The van der Waals surface area contributed by atoms with E-state index >= 15 is 0 Å². The number of hydrogen-bond acceptors (Lipinski definition) is 6. The molecule has 0 saturated carbocycles. The summed E-state index contributed by atoms with van der Waals surface area (Å²) in [5, 5.41) is 0. The lowest BCUT2D eigenvalue weighted by molar-refractivity contribution is -0.161. The Bertz CT molecular complexity index is 1140. The number of carbonyl (C=O) groups is 2. The van der Waals surface area contributed by atoms with Crippen LogP contribution >= 0.6 is 7.82 Å². The quantitative estimate of drug-likeness (QED) is 0.0225. The maximum absolute atomic E-state index is 12.3. The summed E-state index contributed by atoms with van der Waals surface area (Å²) in [6.07, 6.45) is 50.0. The molecule has 51 heavy (non-hydrogen) atoms. The molecule has 0 aliphatic rings. The third kappa shape index (κ3) is 39.6. The van der Waals surface area contributed by atoms with E-state index in [0.29, 0.717) is 19.3 Å². The first kappa shape index (κ1) is 48.0. The molecule has 288 valence electrons. The second-order valence-electron chi connectivity index (χ2n) is 12.3. The summed E-state index contributed by atoms with van der Waals surface area (Å²) in [5.74, 6) is -0.987. The van der Waals surface area contributed by atoms with Gasteiger partial charge in [0.15, 0.2) is 6.10 Å². The summed E-state index contributed by atoms with van der Waals surface area (Å²) in [6.45, 7) is 3.34. The molecule has 0 aliphatic heterocycles. The van der Waals surface area contributed by atoms with Crippen LogP contribution in [0.4, 0.5) is 0 Å². The van der Waals surface area contributed by atoms with Crippen LogP contribution in [0.5, 0.6) is 0 Å². The number of carbonyl (C=O) groups excluding carboxylic acids is 2. The van der Waals surface area contributed by atoms with Crippen molar-refractivity contribution in [3.05, 3.63) is 97.2 Å². The number of phosphoric acid groups is 1. The lowest BCUT2D eigenvalue weighted by Gasteiger charge is -2.18. The Kier molecular flexibility index (Phi) is 34.6. The molecule has 0 aliphatic carbocycles. The average Bonchev–Trinajstić information content (AvgIpc) is 3.10. The van der Waals surface area contributed by atoms with Crippen molar-refractivity contribution in [1.29, 1.82) is 0 Å². The van der Waals surface area contributed by atoms with Crippen molar-refractivity contribution in [3.8, 4) is 0 Å². The summed E-state index contributed by atoms with van der Waals surface area (Å²) in [6, 6.07) is 0. The number of ether oxygens (including phenoxy) is 2. The van der Waals surface area contributed by atoms with Crippen molar-refractivity contribution in [1.82, 2.24) is 0 Å². The number of hydrogen-bond donors (Lipinski definition) is 2. The van der Waals surface area contributed by atoms with E-state index in [1.54, 1.807) is 0 Å². The normalized spacial score (nSPS) is 13.6. The first-order valence-electron chi connectivity index (χ1n) is 19.1. The van der Waals surface area contributed by atoms with E-state index in [-0.39, 0.29) is 19.4 Å². The lowest BCUT2D eigenvalue weighted by atomic mass is 10.1. The van der Waals surface area contributed by atoms with Crippen molar-refractivity contribution >= 4 is 19.8 Å². The van der Waals surface area contributed by atoms with Gasteiger partial charge in [0.05, 0.1) is 6.61 Å². The van der Waals surface area contributed by atoms with E-state index in [2.05, 4.69) is 60.9 Å². The maximum atomic E-state index is 12.3. The molecule has 0 aromatic rings. The zero-order chi connectivity index (χ0) is 37.5. The van der Waals surface area contributed by atoms with Crippen LogP contribution in [-0.2, 0) is 28.2 Å². The molecule has 0 rings (SSSR count). The molecule has 8 nitrogen and oxygen atoms in total. The number of unbranched alkanes of at least 4 members (excludes halogenated alkanes) is 11. The highest BCUT2D eigenvalue weighted by Crippen LogP contribution is 2.35. The Morgan fingerprint density at radius 1 is 0.529 bits per heavy atom. The minimum atomic E-state index is -4.78. The molecule has 0 aromatic heterocycles. The van der Waals surface area contributed by atoms with Crippen LogP contribution in [-0.4, -0.2) is 41.0 Å². The Morgan fingerprint density at radius 3 is 1.59 bits per heavy atom. The van der Waals surface area contributed by atoms with Crippen LogP contribution in [0.2, 0.25) is 0 Å². The fraction of sp³-hybridized carbons (Fsp3) is 0.571. The van der Waals surface area contributed by atoms with Crippen LogP contribution in [0.15, 0.2) is 97.2 Å². The first-order chi connectivity index (χ1) is 24.8. The number of esters is 2. The second-order valence-corrected chi connectivity index (χ2v) is 13.5. The van der Waals surface area contributed by atoms with Gasteiger partial charge in [-0.2, -0.15) is 0 Å².